The Morgan fingerprint density at radius 1 is 1.28 bits per heavy atom. The largest absolute Gasteiger partial charge is 0.366 e. The zero-order valence-corrected chi connectivity index (χ0v) is 16.2. The molecule has 9 heteroatoms. The number of nitrogens with zero attached hydrogens (tertiary/aromatic N) is 3. The van der Waals surface area contributed by atoms with Gasteiger partial charge in [-0.2, -0.15) is 5.26 Å². The van der Waals surface area contributed by atoms with E-state index in [1.165, 1.54) is 12.1 Å². The predicted molar refractivity (Wildman–Crippen MR) is 109 cm³/mol. The first-order valence-corrected chi connectivity index (χ1v) is 9.43. The van der Waals surface area contributed by atoms with E-state index in [1.54, 1.807) is 35.2 Å². The Kier molecular flexibility index (Phi) is 7.51. The zero-order valence-electron chi connectivity index (χ0n) is 15.4. The molecule has 0 saturated carbocycles. The second-order valence-corrected chi connectivity index (χ2v) is 6.98. The monoisotopic (exact) mass is 410 g/mol. The first-order valence-electron chi connectivity index (χ1n) is 8.44. The van der Waals surface area contributed by atoms with E-state index in [2.05, 4.69) is 6.58 Å². The summed E-state index contributed by atoms with van der Waals surface area (Å²) in [6, 6.07) is 12.8. The Labute approximate surface area is 171 Å². The van der Waals surface area contributed by atoms with Gasteiger partial charge in [0.15, 0.2) is 0 Å². The van der Waals surface area contributed by atoms with Crippen LogP contribution in [0.1, 0.15) is 21.5 Å². The molecule has 2 N–H and O–H groups in total. The van der Waals surface area contributed by atoms with Gasteiger partial charge in [-0.3, -0.25) is 19.7 Å². The number of primary amides is 1. The number of nitro groups is 1. The molecule has 8 nitrogen and oxygen atoms in total. The topological polar surface area (TPSA) is 130 Å². The molecule has 0 aromatic heterocycles. The third-order valence-electron chi connectivity index (χ3n) is 3.95. The van der Waals surface area contributed by atoms with Crippen molar-refractivity contribution in [2.45, 2.75) is 11.4 Å². The van der Waals surface area contributed by atoms with Gasteiger partial charge in [-0.05, 0) is 29.8 Å². The molecular formula is C20H18N4O4S. The maximum absolute atomic E-state index is 12.7. The molecule has 0 radical (unpaired) electrons. The van der Waals surface area contributed by atoms with Gasteiger partial charge in [-0.15, -0.1) is 18.3 Å². The summed E-state index contributed by atoms with van der Waals surface area (Å²) in [5.41, 5.74) is 6.29. The van der Waals surface area contributed by atoms with Crippen molar-refractivity contribution in [1.29, 1.82) is 5.26 Å². The molecule has 0 atom stereocenters. The molecule has 0 aliphatic heterocycles. The molecule has 0 bridgehead atoms. The lowest BCUT2D eigenvalue weighted by molar-refractivity contribution is -0.387. The van der Waals surface area contributed by atoms with E-state index in [-0.39, 0.29) is 27.8 Å². The van der Waals surface area contributed by atoms with Gasteiger partial charge < -0.3 is 10.6 Å². The fourth-order valence-corrected chi connectivity index (χ4v) is 3.39. The van der Waals surface area contributed by atoms with E-state index in [1.807, 2.05) is 6.07 Å². The lowest BCUT2D eigenvalue weighted by Gasteiger charge is -2.21. The van der Waals surface area contributed by atoms with Crippen LogP contribution in [0.5, 0.6) is 0 Å². The molecule has 0 heterocycles. The van der Waals surface area contributed by atoms with Crippen molar-refractivity contribution in [3.63, 3.8) is 0 Å². The van der Waals surface area contributed by atoms with Gasteiger partial charge in [-0.25, -0.2) is 0 Å². The first-order chi connectivity index (χ1) is 13.8. The highest BCUT2D eigenvalue weighted by molar-refractivity contribution is 8.00. The molecule has 2 amide bonds. The van der Waals surface area contributed by atoms with Crippen LogP contribution in [0.25, 0.3) is 0 Å². The summed E-state index contributed by atoms with van der Waals surface area (Å²) >= 11 is 1.01. The van der Waals surface area contributed by atoms with Gasteiger partial charge in [0.25, 0.3) is 5.69 Å². The van der Waals surface area contributed by atoms with Crippen molar-refractivity contribution in [3.05, 3.63) is 81.9 Å². The number of rotatable bonds is 9. The highest BCUT2D eigenvalue weighted by atomic mass is 32.2. The van der Waals surface area contributed by atoms with Crippen LogP contribution in [0, 0.1) is 21.4 Å². The Hall–Kier alpha value is -3.64. The van der Waals surface area contributed by atoms with Crippen LogP contribution < -0.4 is 5.73 Å². The number of benzene rings is 2. The minimum Gasteiger partial charge on any atom is -0.366 e. The van der Waals surface area contributed by atoms with Crippen LogP contribution in [0.2, 0.25) is 0 Å². The summed E-state index contributed by atoms with van der Waals surface area (Å²) in [6.07, 6.45) is 1.59. The molecule has 0 saturated heterocycles. The molecule has 2 aromatic rings. The van der Waals surface area contributed by atoms with E-state index in [0.29, 0.717) is 18.7 Å². The van der Waals surface area contributed by atoms with Crippen LogP contribution in [0.15, 0.2) is 60.0 Å². The van der Waals surface area contributed by atoms with Crippen LogP contribution in [0.3, 0.4) is 0 Å². The molecule has 29 heavy (non-hydrogen) atoms. The van der Waals surface area contributed by atoms with Crippen LogP contribution in [-0.4, -0.2) is 33.9 Å². The van der Waals surface area contributed by atoms with Gasteiger partial charge in [0, 0.05) is 24.7 Å². The lowest BCUT2D eigenvalue weighted by Crippen LogP contribution is -2.32. The van der Waals surface area contributed by atoms with E-state index in [4.69, 9.17) is 11.0 Å². The maximum atomic E-state index is 12.7. The van der Waals surface area contributed by atoms with Gasteiger partial charge in [0.1, 0.15) is 0 Å². The summed E-state index contributed by atoms with van der Waals surface area (Å²) in [5.74, 6) is -1.02. The highest BCUT2D eigenvalue weighted by Crippen LogP contribution is 2.30. The van der Waals surface area contributed by atoms with Crippen LogP contribution in [-0.2, 0) is 11.3 Å². The van der Waals surface area contributed by atoms with Crippen molar-refractivity contribution in [1.82, 2.24) is 4.90 Å². The van der Waals surface area contributed by atoms with Crippen LogP contribution in [0.4, 0.5) is 5.69 Å². The average molecular weight is 410 g/mol. The molecule has 0 aliphatic rings. The predicted octanol–water partition coefficient (Wildman–Crippen LogP) is 2.87. The van der Waals surface area contributed by atoms with Crippen molar-refractivity contribution >= 4 is 29.3 Å². The lowest BCUT2D eigenvalue weighted by atomic mass is 10.1. The summed E-state index contributed by atoms with van der Waals surface area (Å²) in [6.45, 7) is 4.28. The van der Waals surface area contributed by atoms with Crippen molar-refractivity contribution in [3.8, 4) is 6.07 Å². The van der Waals surface area contributed by atoms with Gasteiger partial charge in [0.2, 0.25) is 11.8 Å². The fraction of sp³-hybridized carbons (Fsp3) is 0.150. The summed E-state index contributed by atoms with van der Waals surface area (Å²) in [5, 5.41) is 20.1. The zero-order chi connectivity index (χ0) is 21.4. The standard InChI is InChI=1S/C20H18N4O4S/c1-2-9-23(12-15-5-3-14(11-21)4-6-15)19(25)13-29-18-8-7-16(20(22)26)10-17(18)24(27)28/h2-8,10H,1,9,12-13H2,(H2,22,26). The maximum Gasteiger partial charge on any atom is 0.283 e. The van der Waals surface area contributed by atoms with Gasteiger partial charge in [0.05, 0.1) is 27.2 Å². The number of nitriles is 1. The van der Waals surface area contributed by atoms with Crippen molar-refractivity contribution in [2.24, 2.45) is 5.73 Å². The number of carbonyl (C=O) groups is 2. The number of hydrogen-bond acceptors (Lipinski definition) is 6. The number of carbonyl (C=O) groups excluding carboxylic acids is 2. The first kappa shape index (κ1) is 21.7. The minimum atomic E-state index is -0.764. The van der Waals surface area contributed by atoms with Gasteiger partial charge in [-0.1, -0.05) is 18.2 Å². The molecule has 0 unspecified atom stereocenters. The molecule has 148 valence electrons. The smallest absolute Gasteiger partial charge is 0.283 e. The Balaban J connectivity index is 2.11. The number of nitrogens with two attached hydrogens (primary N) is 1. The van der Waals surface area contributed by atoms with Crippen LogP contribution >= 0.6 is 11.8 Å². The normalized spacial score (nSPS) is 10.0. The number of thioether (sulfide) groups is 1. The summed E-state index contributed by atoms with van der Waals surface area (Å²) in [7, 11) is 0. The van der Waals surface area contributed by atoms with E-state index < -0.39 is 10.8 Å². The Bertz CT molecular complexity index is 983. The second-order valence-electron chi connectivity index (χ2n) is 5.96. The summed E-state index contributed by atoms with van der Waals surface area (Å²) in [4.78, 5) is 36.4. The van der Waals surface area contributed by atoms with Gasteiger partial charge >= 0.3 is 0 Å². The minimum absolute atomic E-state index is 0.0269. The van der Waals surface area contributed by atoms with E-state index in [0.717, 1.165) is 23.4 Å². The molecule has 2 rings (SSSR count). The third-order valence-corrected chi connectivity index (χ3v) is 5.00. The second kappa shape index (κ2) is 10.1. The SMILES string of the molecule is C=CCN(Cc1ccc(C#N)cc1)C(=O)CSc1ccc(C(N)=O)cc1[N+](=O)[O-]. The molecular weight excluding hydrogens is 392 g/mol. The number of hydrogen-bond donors (Lipinski definition) is 1. The summed E-state index contributed by atoms with van der Waals surface area (Å²) < 4.78 is 0. The van der Waals surface area contributed by atoms with E-state index >= 15 is 0 Å². The Morgan fingerprint density at radius 2 is 1.97 bits per heavy atom. The fourth-order valence-electron chi connectivity index (χ4n) is 2.48. The quantitative estimate of drug-likeness (QED) is 0.293. The molecule has 0 spiro atoms. The molecule has 0 fully saturated rings. The Morgan fingerprint density at radius 3 is 2.52 bits per heavy atom. The molecule has 0 aliphatic carbocycles. The van der Waals surface area contributed by atoms with Crippen molar-refractivity contribution in [2.75, 3.05) is 12.3 Å². The number of amides is 2. The number of nitro benzene ring substituents is 1. The third kappa shape index (κ3) is 5.92. The van der Waals surface area contributed by atoms with Crippen molar-refractivity contribution < 1.29 is 14.5 Å². The average Bonchev–Trinajstić information content (AvgIpc) is 2.71. The van der Waals surface area contributed by atoms with E-state index in [9.17, 15) is 19.7 Å². The molecule has 2 aromatic carbocycles. The highest BCUT2D eigenvalue weighted by Gasteiger charge is 2.20.